The van der Waals surface area contributed by atoms with E-state index in [1.165, 1.54) is 23.6 Å². The van der Waals surface area contributed by atoms with Crippen LogP contribution in [0.4, 0.5) is 4.79 Å². The third kappa shape index (κ3) is 6.82. The van der Waals surface area contributed by atoms with Crippen LogP contribution in [0.2, 0.25) is 0 Å². The third-order valence-electron chi connectivity index (χ3n) is 8.16. The predicted molar refractivity (Wildman–Crippen MR) is 158 cm³/mol. The van der Waals surface area contributed by atoms with Crippen LogP contribution in [-0.4, -0.2) is 82.8 Å². The number of ether oxygens (including phenoxy) is 3. The Morgan fingerprint density at radius 3 is 2.49 bits per heavy atom. The number of nitrogens with one attached hydrogen (secondary N) is 2. The van der Waals surface area contributed by atoms with Crippen molar-refractivity contribution in [2.24, 2.45) is 16.8 Å². The summed E-state index contributed by atoms with van der Waals surface area (Å²) >= 11 is 1.41. The summed E-state index contributed by atoms with van der Waals surface area (Å²) in [5.41, 5.74) is 0.603. The van der Waals surface area contributed by atoms with Gasteiger partial charge in [0.1, 0.15) is 11.8 Å². The first kappa shape index (κ1) is 30.9. The van der Waals surface area contributed by atoms with Gasteiger partial charge in [-0.3, -0.25) is 19.9 Å². The lowest BCUT2D eigenvalue weighted by atomic mass is 9.79. The number of aliphatic imine (C=N–C) groups is 1. The van der Waals surface area contributed by atoms with E-state index in [1.807, 2.05) is 13.0 Å². The average Bonchev–Trinajstić information content (AvgIpc) is 3.22. The Morgan fingerprint density at radius 2 is 1.84 bits per heavy atom. The van der Waals surface area contributed by atoms with Crippen LogP contribution in [0.1, 0.15) is 63.2 Å². The highest BCUT2D eigenvalue weighted by Gasteiger charge is 2.60. The molecular weight excluding hydrogens is 576 g/mol. The van der Waals surface area contributed by atoms with E-state index in [-0.39, 0.29) is 34.8 Å². The van der Waals surface area contributed by atoms with Crippen LogP contribution in [0.3, 0.4) is 0 Å². The van der Waals surface area contributed by atoms with Gasteiger partial charge >= 0.3 is 12.1 Å². The van der Waals surface area contributed by atoms with Crippen LogP contribution in [0.15, 0.2) is 45.9 Å². The molecule has 1 aromatic rings. The van der Waals surface area contributed by atoms with Crippen molar-refractivity contribution in [2.45, 2.75) is 82.7 Å². The lowest BCUT2D eigenvalue weighted by molar-refractivity contribution is -0.174. The summed E-state index contributed by atoms with van der Waals surface area (Å²) < 4.78 is 16.0. The SMILES string of the molecule is CC(OC(=O)OC1CCCCC1)OC(=O)C1=C(SC2CN=C(NC(=O)c3ccccc3)NC2)[C@H](C)[C@@H]2[C@@H]([C@@H](C)O)C(=O)N12. The molecule has 232 valence electrons. The minimum atomic E-state index is -1.24. The molecule has 6 atom stereocenters. The number of hydrogen-bond acceptors (Lipinski definition) is 11. The second kappa shape index (κ2) is 13.4. The van der Waals surface area contributed by atoms with Crippen molar-refractivity contribution in [1.29, 1.82) is 0 Å². The molecule has 4 aliphatic rings. The predicted octanol–water partition coefficient (Wildman–Crippen LogP) is 2.92. The summed E-state index contributed by atoms with van der Waals surface area (Å²) in [4.78, 5) is 57.8. The topological polar surface area (TPSA) is 156 Å². The van der Waals surface area contributed by atoms with Crippen LogP contribution in [0.25, 0.3) is 0 Å². The third-order valence-corrected chi connectivity index (χ3v) is 9.63. The molecule has 3 heterocycles. The van der Waals surface area contributed by atoms with Crippen molar-refractivity contribution in [3.05, 3.63) is 46.5 Å². The van der Waals surface area contributed by atoms with Gasteiger partial charge in [-0.25, -0.2) is 9.59 Å². The number of carbonyl (C=O) groups excluding carboxylic acids is 4. The van der Waals surface area contributed by atoms with Gasteiger partial charge in [-0.05, 0) is 44.7 Å². The Labute approximate surface area is 254 Å². The highest BCUT2D eigenvalue weighted by atomic mass is 32.2. The summed E-state index contributed by atoms with van der Waals surface area (Å²) in [6, 6.07) is 8.42. The largest absolute Gasteiger partial charge is 0.511 e. The summed E-state index contributed by atoms with van der Waals surface area (Å²) in [5, 5.41) is 16.1. The number of esters is 1. The molecule has 3 N–H and O–H groups in total. The molecule has 0 radical (unpaired) electrons. The van der Waals surface area contributed by atoms with Gasteiger partial charge in [0.15, 0.2) is 5.96 Å². The van der Waals surface area contributed by atoms with Gasteiger partial charge in [0.2, 0.25) is 12.2 Å². The summed E-state index contributed by atoms with van der Waals surface area (Å²) in [5.74, 6) is -1.96. The van der Waals surface area contributed by atoms with E-state index in [0.717, 1.165) is 32.1 Å². The molecule has 0 aromatic heterocycles. The van der Waals surface area contributed by atoms with Gasteiger partial charge in [-0.1, -0.05) is 31.5 Å². The molecule has 1 saturated heterocycles. The number of hydrogen-bond donors (Lipinski definition) is 3. The zero-order chi connectivity index (χ0) is 30.7. The molecule has 5 rings (SSSR count). The Balaban J connectivity index is 1.25. The van der Waals surface area contributed by atoms with Crippen LogP contribution >= 0.6 is 11.8 Å². The number of guanidine groups is 1. The maximum absolute atomic E-state index is 13.5. The molecule has 13 heteroatoms. The normalized spacial score (nSPS) is 26.7. The summed E-state index contributed by atoms with van der Waals surface area (Å²) in [6.45, 7) is 5.70. The number of fused-ring (bicyclic) bond motifs is 1. The minimum Gasteiger partial charge on any atom is -0.431 e. The highest BCUT2D eigenvalue weighted by molar-refractivity contribution is 8.03. The first-order valence-electron chi connectivity index (χ1n) is 14.8. The first-order valence-corrected chi connectivity index (χ1v) is 15.7. The van der Waals surface area contributed by atoms with Gasteiger partial charge in [0.25, 0.3) is 5.91 Å². The maximum Gasteiger partial charge on any atom is 0.511 e. The van der Waals surface area contributed by atoms with E-state index in [9.17, 15) is 24.3 Å². The lowest BCUT2D eigenvalue weighted by Crippen LogP contribution is -2.63. The number of thioether (sulfide) groups is 1. The number of amides is 2. The van der Waals surface area contributed by atoms with E-state index >= 15 is 0 Å². The van der Waals surface area contributed by atoms with Crippen molar-refractivity contribution >= 4 is 41.7 Å². The van der Waals surface area contributed by atoms with Crippen molar-refractivity contribution in [2.75, 3.05) is 13.1 Å². The van der Waals surface area contributed by atoms with Gasteiger partial charge < -0.3 is 29.5 Å². The van der Waals surface area contributed by atoms with Gasteiger partial charge in [-0.2, -0.15) is 0 Å². The van der Waals surface area contributed by atoms with Crippen molar-refractivity contribution in [3.63, 3.8) is 0 Å². The fourth-order valence-electron chi connectivity index (χ4n) is 6.02. The monoisotopic (exact) mass is 614 g/mol. The molecule has 1 aliphatic carbocycles. The average molecular weight is 615 g/mol. The van der Waals surface area contributed by atoms with Crippen LogP contribution in [-0.2, 0) is 23.8 Å². The van der Waals surface area contributed by atoms with Gasteiger partial charge in [0, 0.05) is 35.1 Å². The zero-order valence-corrected chi connectivity index (χ0v) is 25.3. The number of carbonyl (C=O) groups is 4. The number of β-lactam (4-membered cyclic amide) rings is 1. The van der Waals surface area contributed by atoms with Gasteiger partial charge in [0.05, 0.1) is 24.6 Å². The zero-order valence-electron chi connectivity index (χ0n) is 24.5. The highest BCUT2D eigenvalue weighted by Crippen LogP contribution is 2.51. The van der Waals surface area contributed by atoms with E-state index in [1.54, 1.807) is 31.2 Å². The van der Waals surface area contributed by atoms with E-state index < -0.39 is 36.5 Å². The number of benzene rings is 1. The number of rotatable bonds is 8. The second-order valence-electron chi connectivity index (χ2n) is 11.3. The summed E-state index contributed by atoms with van der Waals surface area (Å²) in [6.07, 6.45) is 1.40. The molecule has 3 aliphatic heterocycles. The van der Waals surface area contributed by atoms with Crippen LogP contribution in [0, 0.1) is 11.8 Å². The molecule has 1 saturated carbocycles. The molecule has 12 nitrogen and oxygen atoms in total. The fourth-order valence-corrected chi connectivity index (χ4v) is 7.34. The van der Waals surface area contributed by atoms with E-state index in [4.69, 9.17) is 14.2 Å². The molecular formula is C30H38N4O8S. The van der Waals surface area contributed by atoms with E-state index in [0.29, 0.717) is 29.5 Å². The quantitative estimate of drug-likeness (QED) is 0.226. The molecule has 43 heavy (non-hydrogen) atoms. The Bertz CT molecular complexity index is 1300. The van der Waals surface area contributed by atoms with Crippen LogP contribution in [0.5, 0.6) is 0 Å². The minimum absolute atomic E-state index is 0.0904. The molecule has 2 unspecified atom stereocenters. The Hall–Kier alpha value is -3.58. The number of aliphatic hydroxyl groups is 1. The number of aliphatic hydroxyl groups excluding tert-OH is 1. The molecule has 0 bridgehead atoms. The second-order valence-corrected chi connectivity index (χ2v) is 12.7. The molecule has 1 aromatic carbocycles. The Morgan fingerprint density at radius 1 is 1.12 bits per heavy atom. The van der Waals surface area contributed by atoms with Crippen molar-refractivity contribution < 1.29 is 38.5 Å². The van der Waals surface area contributed by atoms with Crippen molar-refractivity contribution in [1.82, 2.24) is 15.5 Å². The van der Waals surface area contributed by atoms with Crippen molar-refractivity contribution in [3.8, 4) is 0 Å². The van der Waals surface area contributed by atoms with Crippen LogP contribution < -0.4 is 10.6 Å². The fraction of sp³-hybridized carbons (Fsp3) is 0.567. The molecule has 2 amide bonds. The standard InChI is InChI=1S/C30H38N4O8S/c1-16-23-22(17(2)35)27(37)34(23)24(28(38)40-18(3)41-30(39)42-20-12-8-5-9-13-20)25(16)43-21-14-31-29(32-15-21)33-26(36)19-10-6-4-7-11-19/h4,6-7,10-11,16-18,20-23,35H,5,8-9,12-15H2,1-3H3,(H2,31,32,33,36)/t16-,17-,18?,22-,23-/m1/s1. The number of nitrogens with zero attached hydrogens (tertiary/aromatic N) is 2. The molecule has 0 spiro atoms. The summed E-state index contributed by atoms with van der Waals surface area (Å²) in [7, 11) is 0. The maximum atomic E-state index is 13.5. The molecule has 2 fully saturated rings. The first-order chi connectivity index (χ1) is 20.6. The Kier molecular flexibility index (Phi) is 9.60. The van der Waals surface area contributed by atoms with Gasteiger partial charge in [-0.15, -0.1) is 11.8 Å². The van der Waals surface area contributed by atoms with E-state index in [2.05, 4.69) is 15.6 Å². The lowest BCUT2D eigenvalue weighted by Gasteiger charge is -2.46. The smallest absolute Gasteiger partial charge is 0.431 e.